The SMILES string of the molecule is Cc1cc(NC(C(=O)N2CCOCC2)C(C)C)n2ncnc2n1. The number of aryl methyl sites for hydroxylation is 1. The van der Waals surface area contributed by atoms with Gasteiger partial charge < -0.3 is 15.0 Å². The molecule has 1 atom stereocenters. The zero-order valence-corrected chi connectivity index (χ0v) is 13.7. The first-order valence-electron chi connectivity index (χ1n) is 7.86. The Bertz CT molecular complexity index is 692. The van der Waals surface area contributed by atoms with Crippen molar-refractivity contribution in [2.45, 2.75) is 26.8 Å². The number of nitrogens with one attached hydrogen (secondary N) is 1. The van der Waals surface area contributed by atoms with E-state index in [0.29, 0.717) is 32.1 Å². The number of hydrogen-bond donors (Lipinski definition) is 1. The number of hydrogen-bond acceptors (Lipinski definition) is 6. The molecule has 0 saturated carbocycles. The molecule has 8 heteroatoms. The second-order valence-electron chi connectivity index (χ2n) is 6.06. The Labute approximate surface area is 134 Å². The van der Waals surface area contributed by atoms with Gasteiger partial charge in [-0.25, -0.2) is 4.98 Å². The van der Waals surface area contributed by atoms with Gasteiger partial charge >= 0.3 is 0 Å². The summed E-state index contributed by atoms with van der Waals surface area (Å²) < 4.78 is 6.95. The van der Waals surface area contributed by atoms with Gasteiger partial charge in [0.1, 0.15) is 18.2 Å². The van der Waals surface area contributed by atoms with Crippen molar-refractivity contribution in [1.29, 1.82) is 0 Å². The minimum Gasteiger partial charge on any atom is -0.378 e. The quantitative estimate of drug-likeness (QED) is 0.894. The van der Waals surface area contributed by atoms with Crippen molar-refractivity contribution in [1.82, 2.24) is 24.5 Å². The molecule has 2 aromatic heterocycles. The van der Waals surface area contributed by atoms with Gasteiger partial charge in [-0.1, -0.05) is 13.8 Å². The Balaban J connectivity index is 1.86. The van der Waals surface area contributed by atoms with Crippen molar-refractivity contribution in [2.75, 3.05) is 31.6 Å². The molecule has 124 valence electrons. The maximum Gasteiger partial charge on any atom is 0.254 e. The number of nitrogens with zero attached hydrogens (tertiary/aromatic N) is 5. The Morgan fingerprint density at radius 2 is 2.09 bits per heavy atom. The lowest BCUT2D eigenvalue weighted by molar-refractivity contribution is -0.137. The van der Waals surface area contributed by atoms with Crippen molar-refractivity contribution in [2.24, 2.45) is 5.92 Å². The number of morpholine rings is 1. The monoisotopic (exact) mass is 318 g/mol. The zero-order chi connectivity index (χ0) is 16.4. The van der Waals surface area contributed by atoms with E-state index in [4.69, 9.17) is 4.74 Å². The normalized spacial score (nSPS) is 16.8. The highest BCUT2D eigenvalue weighted by Gasteiger charge is 2.29. The fourth-order valence-electron chi connectivity index (χ4n) is 2.69. The molecule has 8 nitrogen and oxygen atoms in total. The van der Waals surface area contributed by atoms with Crippen LogP contribution in [-0.4, -0.2) is 62.7 Å². The summed E-state index contributed by atoms with van der Waals surface area (Å²) in [7, 11) is 0. The molecule has 1 aliphatic heterocycles. The fourth-order valence-corrected chi connectivity index (χ4v) is 2.69. The molecule has 1 fully saturated rings. The molecule has 0 aromatic carbocycles. The number of ether oxygens (including phenoxy) is 1. The highest BCUT2D eigenvalue weighted by molar-refractivity contribution is 5.85. The predicted octanol–water partition coefficient (Wildman–Crippen LogP) is 0.728. The molecule has 1 aliphatic rings. The van der Waals surface area contributed by atoms with Crippen LogP contribution in [0.1, 0.15) is 19.5 Å². The Morgan fingerprint density at radius 3 is 2.78 bits per heavy atom. The van der Waals surface area contributed by atoms with Gasteiger partial charge in [0.2, 0.25) is 5.91 Å². The molecular weight excluding hydrogens is 296 g/mol. The lowest BCUT2D eigenvalue weighted by Crippen LogP contribution is -2.50. The smallest absolute Gasteiger partial charge is 0.254 e. The van der Waals surface area contributed by atoms with Crippen LogP contribution in [-0.2, 0) is 9.53 Å². The first-order valence-corrected chi connectivity index (χ1v) is 7.86. The third kappa shape index (κ3) is 3.26. The van der Waals surface area contributed by atoms with E-state index in [-0.39, 0.29) is 17.9 Å². The summed E-state index contributed by atoms with van der Waals surface area (Å²) in [5, 5.41) is 7.51. The molecule has 2 aromatic rings. The van der Waals surface area contributed by atoms with E-state index in [1.807, 2.05) is 31.7 Å². The summed E-state index contributed by atoms with van der Waals surface area (Å²) in [6.45, 7) is 8.42. The summed E-state index contributed by atoms with van der Waals surface area (Å²) in [5.74, 6) is 1.47. The van der Waals surface area contributed by atoms with Crippen molar-refractivity contribution in [3.8, 4) is 0 Å². The molecule has 0 bridgehead atoms. The van der Waals surface area contributed by atoms with Gasteiger partial charge in [0, 0.05) is 24.8 Å². The van der Waals surface area contributed by atoms with E-state index in [9.17, 15) is 4.79 Å². The Morgan fingerprint density at radius 1 is 1.35 bits per heavy atom. The van der Waals surface area contributed by atoms with Crippen LogP contribution in [0.4, 0.5) is 5.82 Å². The first-order chi connectivity index (χ1) is 11.1. The van der Waals surface area contributed by atoms with Crippen LogP contribution in [0.2, 0.25) is 0 Å². The van der Waals surface area contributed by atoms with E-state index in [2.05, 4.69) is 20.4 Å². The highest BCUT2D eigenvalue weighted by atomic mass is 16.5. The first kappa shape index (κ1) is 15.7. The standard InChI is InChI=1S/C15H22N6O2/c1-10(2)13(14(22)20-4-6-23-7-5-20)19-12-8-11(3)18-15-16-9-17-21(12)15/h8-10,13,19H,4-7H2,1-3H3. The molecule has 0 radical (unpaired) electrons. The van der Waals surface area contributed by atoms with E-state index >= 15 is 0 Å². The lowest BCUT2D eigenvalue weighted by atomic mass is 10.0. The summed E-state index contributed by atoms with van der Waals surface area (Å²) in [6.07, 6.45) is 1.46. The average molecular weight is 318 g/mol. The molecule has 0 spiro atoms. The van der Waals surface area contributed by atoms with Gasteiger partial charge in [0.25, 0.3) is 5.78 Å². The minimum absolute atomic E-state index is 0.0889. The lowest BCUT2D eigenvalue weighted by Gasteiger charge is -2.32. The molecule has 0 aliphatic carbocycles. The summed E-state index contributed by atoms with van der Waals surface area (Å²) >= 11 is 0. The van der Waals surface area contributed by atoms with E-state index in [0.717, 1.165) is 11.5 Å². The average Bonchev–Trinajstić information content (AvgIpc) is 3.00. The number of aromatic nitrogens is 4. The number of rotatable bonds is 4. The Kier molecular flexibility index (Phi) is 4.42. The molecule has 23 heavy (non-hydrogen) atoms. The van der Waals surface area contributed by atoms with Crippen LogP contribution in [0.15, 0.2) is 12.4 Å². The maximum atomic E-state index is 12.9. The third-order valence-corrected chi connectivity index (χ3v) is 3.94. The topological polar surface area (TPSA) is 84.7 Å². The molecule has 1 unspecified atom stereocenters. The van der Waals surface area contributed by atoms with Gasteiger partial charge in [0.05, 0.1) is 13.2 Å². The molecule has 3 rings (SSSR count). The number of fused-ring (bicyclic) bond motifs is 1. The summed E-state index contributed by atoms with van der Waals surface area (Å²) in [5.41, 5.74) is 0.828. The number of carbonyl (C=O) groups excluding carboxylic acids is 1. The predicted molar refractivity (Wildman–Crippen MR) is 85.2 cm³/mol. The van der Waals surface area contributed by atoms with Gasteiger partial charge in [0.15, 0.2) is 0 Å². The fraction of sp³-hybridized carbons (Fsp3) is 0.600. The van der Waals surface area contributed by atoms with Crippen molar-refractivity contribution in [3.63, 3.8) is 0 Å². The zero-order valence-electron chi connectivity index (χ0n) is 13.7. The van der Waals surface area contributed by atoms with Gasteiger partial charge in [-0.2, -0.15) is 14.6 Å². The number of anilines is 1. The van der Waals surface area contributed by atoms with Crippen molar-refractivity contribution >= 4 is 17.5 Å². The van der Waals surface area contributed by atoms with Crippen LogP contribution in [0.5, 0.6) is 0 Å². The van der Waals surface area contributed by atoms with Crippen molar-refractivity contribution in [3.05, 3.63) is 18.1 Å². The second kappa shape index (κ2) is 6.49. The third-order valence-electron chi connectivity index (χ3n) is 3.94. The molecule has 1 N–H and O–H groups in total. The van der Waals surface area contributed by atoms with Crippen molar-refractivity contribution < 1.29 is 9.53 Å². The number of carbonyl (C=O) groups is 1. The maximum absolute atomic E-state index is 12.9. The summed E-state index contributed by atoms with van der Waals surface area (Å²) in [6, 6.07) is 1.55. The van der Waals surface area contributed by atoms with Crippen LogP contribution < -0.4 is 5.32 Å². The molecule has 3 heterocycles. The molecule has 1 saturated heterocycles. The van der Waals surface area contributed by atoms with E-state index in [1.165, 1.54) is 6.33 Å². The molecule has 1 amide bonds. The van der Waals surface area contributed by atoms with Crippen LogP contribution in [0.3, 0.4) is 0 Å². The minimum atomic E-state index is -0.331. The molecular formula is C15H22N6O2. The Hall–Kier alpha value is -2.22. The number of amides is 1. The van der Waals surface area contributed by atoms with Crippen LogP contribution >= 0.6 is 0 Å². The largest absolute Gasteiger partial charge is 0.378 e. The van der Waals surface area contributed by atoms with E-state index < -0.39 is 0 Å². The highest BCUT2D eigenvalue weighted by Crippen LogP contribution is 2.17. The van der Waals surface area contributed by atoms with Crippen LogP contribution in [0.25, 0.3) is 5.78 Å². The van der Waals surface area contributed by atoms with Gasteiger partial charge in [-0.3, -0.25) is 4.79 Å². The van der Waals surface area contributed by atoms with Crippen LogP contribution in [0, 0.1) is 12.8 Å². The van der Waals surface area contributed by atoms with Gasteiger partial charge in [-0.15, -0.1) is 0 Å². The second-order valence-corrected chi connectivity index (χ2v) is 6.06. The summed E-state index contributed by atoms with van der Waals surface area (Å²) in [4.78, 5) is 23.1. The van der Waals surface area contributed by atoms with E-state index in [1.54, 1.807) is 4.52 Å². The van der Waals surface area contributed by atoms with Gasteiger partial charge in [-0.05, 0) is 12.8 Å².